The maximum atomic E-state index is 12.2. The first-order valence-corrected chi connectivity index (χ1v) is 6.96. The smallest absolute Gasteiger partial charge is 0.263 e. The molecule has 0 saturated carbocycles. The minimum absolute atomic E-state index is 0.132. The monoisotopic (exact) mass is 276 g/mol. The fourth-order valence-corrected chi connectivity index (χ4v) is 2.90. The van der Waals surface area contributed by atoms with Crippen LogP contribution in [0.2, 0.25) is 0 Å². The maximum absolute atomic E-state index is 12.2. The molecule has 0 unspecified atom stereocenters. The largest absolute Gasteiger partial charge is 0.281 e. The van der Waals surface area contributed by atoms with Crippen molar-refractivity contribution < 1.29 is 8.42 Å². The summed E-state index contributed by atoms with van der Waals surface area (Å²) < 4.78 is 26.7. The molecule has 0 atom stereocenters. The number of nitriles is 1. The molecule has 2 aromatic rings. The highest BCUT2D eigenvalue weighted by molar-refractivity contribution is 7.92. The van der Waals surface area contributed by atoms with E-state index in [1.807, 2.05) is 6.07 Å². The normalized spacial score (nSPS) is 11.0. The highest BCUT2D eigenvalue weighted by Crippen LogP contribution is 2.19. The average molecular weight is 276 g/mol. The van der Waals surface area contributed by atoms with Crippen LogP contribution in [0.5, 0.6) is 0 Å². The minimum Gasteiger partial charge on any atom is -0.281 e. The lowest BCUT2D eigenvalue weighted by Gasteiger charge is -2.08. The Labute approximate surface area is 111 Å². The molecule has 0 fully saturated rings. The van der Waals surface area contributed by atoms with Crippen LogP contribution in [0.15, 0.2) is 29.2 Å². The molecule has 0 bridgehead atoms. The summed E-state index contributed by atoms with van der Waals surface area (Å²) in [6.45, 7) is 3.42. The quantitative estimate of drug-likeness (QED) is 0.891. The first-order valence-electron chi connectivity index (χ1n) is 5.48. The number of nitrogens with zero attached hydrogens (tertiary/aromatic N) is 2. The van der Waals surface area contributed by atoms with Crippen molar-refractivity contribution in [3.63, 3.8) is 0 Å². The van der Waals surface area contributed by atoms with Crippen molar-refractivity contribution in [2.75, 3.05) is 4.72 Å². The minimum atomic E-state index is -3.70. The van der Waals surface area contributed by atoms with Crippen LogP contribution in [0.3, 0.4) is 0 Å². The van der Waals surface area contributed by atoms with Gasteiger partial charge in [0.25, 0.3) is 10.0 Å². The predicted molar refractivity (Wildman–Crippen MR) is 70.0 cm³/mol. The molecule has 7 heteroatoms. The fraction of sp³-hybridized carbons (Fsp3) is 0.167. The van der Waals surface area contributed by atoms with E-state index >= 15 is 0 Å². The van der Waals surface area contributed by atoms with Gasteiger partial charge in [0.1, 0.15) is 0 Å². The number of aromatic nitrogens is 2. The van der Waals surface area contributed by atoms with Gasteiger partial charge < -0.3 is 0 Å². The topological polar surface area (TPSA) is 98.6 Å². The number of rotatable bonds is 3. The number of benzene rings is 1. The summed E-state index contributed by atoms with van der Waals surface area (Å²) >= 11 is 0. The number of H-pyrrole nitrogens is 1. The number of sulfonamides is 1. The Morgan fingerprint density at radius 1 is 1.32 bits per heavy atom. The molecule has 1 aromatic heterocycles. The molecule has 1 heterocycles. The molecular formula is C12H12N4O2S. The Morgan fingerprint density at radius 3 is 2.58 bits per heavy atom. The Bertz CT molecular complexity index is 756. The van der Waals surface area contributed by atoms with Gasteiger partial charge in [0.2, 0.25) is 0 Å². The Kier molecular flexibility index (Phi) is 3.27. The summed E-state index contributed by atoms with van der Waals surface area (Å²) in [4.78, 5) is 0.132. The van der Waals surface area contributed by atoms with E-state index in [4.69, 9.17) is 5.26 Å². The SMILES string of the molecule is Cc1cc(NS(=O)(=O)c2ccc(C#N)cc2C)n[nH]1. The van der Waals surface area contributed by atoms with E-state index in [1.54, 1.807) is 19.9 Å². The van der Waals surface area contributed by atoms with Crippen molar-refractivity contribution in [3.05, 3.63) is 41.1 Å². The molecular weight excluding hydrogens is 264 g/mol. The van der Waals surface area contributed by atoms with Gasteiger partial charge in [-0.3, -0.25) is 9.82 Å². The standard InChI is InChI=1S/C12H12N4O2S/c1-8-5-10(7-13)3-4-11(8)19(17,18)16-12-6-9(2)14-15-12/h3-6H,1-2H3,(H2,14,15,16). The van der Waals surface area contributed by atoms with Crippen molar-refractivity contribution in [2.45, 2.75) is 18.7 Å². The third-order valence-corrected chi connectivity index (χ3v) is 4.05. The third-order valence-electron chi connectivity index (χ3n) is 2.54. The van der Waals surface area contributed by atoms with Gasteiger partial charge in [-0.25, -0.2) is 8.42 Å². The molecule has 0 saturated heterocycles. The molecule has 0 amide bonds. The van der Waals surface area contributed by atoms with Gasteiger partial charge in [0, 0.05) is 11.8 Å². The highest BCUT2D eigenvalue weighted by atomic mass is 32.2. The lowest BCUT2D eigenvalue weighted by molar-refractivity contribution is 0.600. The Balaban J connectivity index is 2.37. The summed E-state index contributed by atoms with van der Waals surface area (Å²) in [5, 5.41) is 15.2. The first-order chi connectivity index (χ1) is 8.92. The second-order valence-corrected chi connectivity index (χ2v) is 5.78. The van der Waals surface area contributed by atoms with Gasteiger partial charge in [0.05, 0.1) is 16.5 Å². The number of aryl methyl sites for hydroxylation is 2. The molecule has 0 aliphatic rings. The molecule has 0 aliphatic carbocycles. The van der Waals surface area contributed by atoms with Gasteiger partial charge in [0.15, 0.2) is 5.82 Å². The van der Waals surface area contributed by atoms with Crippen molar-refractivity contribution in [3.8, 4) is 6.07 Å². The summed E-state index contributed by atoms with van der Waals surface area (Å²) in [5.74, 6) is 0.237. The van der Waals surface area contributed by atoms with Crippen LogP contribution in [-0.4, -0.2) is 18.6 Å². The number of hydrogen-bond donors (Lipinski definition) is 2. The van der Waals surface area contributed by atoms with E-state index in [0.29, 0.717) is 11.1 Å². The molecule has 1 aromatic carbocycles. The van der Waals surface area contributed by atoms with Crippen LogP contribution in [0.4, 0.5) is 5.82 Å². The second kappa shape index (κ2) is 4.74. The van der Waals surface area contributed by atoms with Crippen LogP contribution in [0, 0.1) is 25.2 Å². The summed E-state index contributed by atoms with van der Waals surface area (Å²) in [6.07, 6.45) is 0. The highest BCUT2D eigenvalue weighted by Gasteiger charge is 2.18. The van der Waals surface area contributed by atoms with Crippen LogP contribution < -0.4 is 4.72 Å². The van der Waals surface area contributed by atoms with Gasteiger partial charge in [-0.05, 0) is 37.6 Å². The van der Waals surface area contributed by atoms with Crippen molar-refractivity contribution in [1.82, 2.24) is 10.2 Å². The van der Waals surface area contributed by atoms with Gasteiger partial charge in [-0.15, -0.1) is 0 Å². The molecule has 19 heavy (non-hydrogen) atoms. The van der Waals surface area contributed by atoms with E-state index in [1.165, 1.54) is 18.2 Å². The Morgan fingerprint density at radius 2 is 2.05 bits per heavy atom. The van der Waals surface area contributed by atoms with Crippen LogP contribution in [-0.2, 0) is 10.0 Å². The number of hydrogen-bond acceptors (Lipinski definition) is 4. The predicted octanol–water partition coefficient (Wildman–Crippen LogP) is 1.70. The van der Waals surface area contributed by atoms with E-state index in [2.05, 4.69) is 14.9 Å². The van der Waals surface area contributed by atoms with Gasteiger partial charge >= 0.3 is 0 Å². The van der Waals surface area contributed by atoms with Crippen molar-refractivity contribution >= 4 is 15.8 Å². The molecule has 6 nitrogen and oxygen atoms in total. The average Bonchev–Trinajstić information content (AvgIpc) is 2.73. The molecule has 0 aliphatic heterocycles. The van der Waals surface area contributed by atoms with Crippen LogP contribution in [0.1, 0.15) is 16.8 Å². The molecule has 98 valence electrons. The summed E-state index contributed by atoms with van der Waals surface area (Å²) in [5.41, 5.74) is 1.69. The number of anilines is 1. The number of aromatic amines is 1. The van der Waals surface area contributed by atoms with Crippen LogP contribution >= 0.6 is 0 Å². The number of nitrogens with one attached hydrogen (secondary N) is 2. The lowest BCUT2D eigenvalue weighted by atomic mass is 10.2. The third kappa shape index (κ3) is 2.74. The fourth-order valence-electron chi connectivity index (χ4n) is 1.68. The molecule has 2 N–H and O–H groups in total. The summed E-state index contributed by atoms with van der Waals surface area (Å²) in [6, 6.07) is 7.97. The van der Waals surface area contributed by atoms with Crippen LogP contribution in [0.25, 0.3) is 0 Å². The zero-order valence-corrected chi connectivity index (χ0v) is 11.2. The first kappa shape index (κ1) is 13.1. The van der Waals surface area contributed by atoms with Crippen molar-refractivity contribution in [2.24, 2.45) is 0 Å². The van der Waals surface area contributed by atoms with Gasteiger partial charge in [-0.1, -0.05) is 0 Å². The molecule has 0 radical (unpaired) electrons. The van der Waals surface area contributed by atoms with E-state index < -0.39 is 10.0 Å². The maximum Gasteiger partial charge on any atom is 0.263 e. The van der Waals surface area contributed by atoms with Crippen molar-refractivity contribution in [1.29, 1.82) is 5.26 Å². The van der Waals surface area contributed by atoms with E-state index in [-0.39, 0.29) is 10.7 Å². The molecule has 2 rings (SSSR count). The van der Waals surface area contributed by atoms with E-state index in [9.17, 15) is 8.42 Å². The second-order valence-electron chi connectivity index (χ2n) is 4.13. The molecule has 0 spiro atoms. The Hall–Kier alpha value is -2.33. The lowest BCUT2D eigenvalue weighted by Crippen LogP contribution is -2.14. The summed E-state index contributed by atoms with van der Waals surface area (Å²) in [7, 11) is -3.70. The zero-order valence-electron chi connectivity index (χ0n) is 10.4. The van der Waals surface area contributed by atoms with Gasteiger partial charge in [-0.2, -0.15) is 10.4 Å². The zero-order chi connectivity index (χ0) is 14.0. The van der Waals surface area contributed by atoms with E-state index in [0.717, 1.165) is 5.69 Å².